The van der Waals surface area contributed by atoms with E-state index >= 15 is 0 Å². The molecule has 0 aliphatic heterocycles. The highest BCUT2D eigenvalue weighted by molar-refractivity contribution is 5.95. The summed E-state index contributed by atoms with van der Waals surface area (Å²) in [6.07, 6.45) is 0.778. The van der Waals surface area contributed by atoms with Crippen molar-refractivity contribution in [1.82, 2.24) is 5.32 Å². The van der Waals surface area contributed by atoms with Crippen LogP contribution in [0.4, 0.5) is 0 Å². The Balaban J connectivity index is 3.41. The molecule has 4 nitrogen and oxygen atoms in total. The zero-order valence-corrected chi connectivity index (χ0v) is 15.7. The van der Waals surface area contributed by atoms with Crippen molar-refractivity contribution in [1.29, 1.82) is 0 Å². The van der Waals surface area contributed by atoms with E-state index in [1.54, 1.807) is 7.11 Å². The number of amides is 1. The number of ether oxygens (including phenoxy) is 1. The summed E-state index contributed by atoms with van der Waals surface area (Å²) >= 11 is 0. The molecule has 0 aliphatic rings. The summed E-state index contributed by atoms with van der Waals surface area (Å²) in [6, 6.07) is 3.90. The van der Waals surface area contributed by atoms with Crippen LogP contribution in [0.2, 0.25) is 0 Å². The van der Waals surface area contributed by atoms with E-state index in [1.165, 1.54) is 0 Å². The van der Waals surface area contributed by atoms with Crippen molar-refractivity contribution in [2.75, 3.05) is 20.2 Å². The van der Waals surface area contributed by atoms with Gasteiger partial charge >= 0.3 is 0 Å². The van der Waals surface area contributed by atoms with Crippen molar-refractivity contribution in [2.24, 2.45) is 5.73 Å². The zero-order chi connectivity index (χ0) is 17.8. The first-order valence-electron chi connectivity index (χ1n) is 8.23. The van der Waals surface area contributed by atoms with Crippen molar-refractivity contribution in [3.63, 3.8) is 0 Å². The standard InChI is InChI=1S/C19H32N2O2/c1-18(2,3)14-11-13(17(22)21-10-8-9-20)12-15(16(14)23-7)19(4,5)6/h11-12H,8-10,20H2,1-7H3,(H,21,22). The topological polar surface area (TPSA) is 64.3 Å². The Morgan fingerprint density at radius 3 is 1.91 bits per heavy atom. The van der Waals surface area contributed by atoms with Crippen LogP contribution in [0.3, 0.4) is 0 Å². The Morgan fingerprint density at radius 2 is 1.57 bits per heavy atom. The number of carbonyl (C=O) groups is 1. The number of carbonyl (C=O) groups excluding carboxylic acids is 1. The highest BCUT2D eigenvalue weighted by Gasteiger charge is 2.28. The molecule has 1 rings (SSSR count). The summed E-state index contributed by atoms with van der Waals surface area (Å²) in [4.78, 5) is 12.5. The predicted molar refractivity (Wildman–Crippen MR) is 96.4 cm³/mol. The number of benzene rings is 1. The molecule has 1 aromatic carbocycles. The molecule has 1 amide bonds. The van der Waals surface area contributed by atoms with E-state index in [9.17, 15) is 4.79 Å². The van der Waals surface area contributed by atoms with E-state index in [2.05, 4.69) is 46.9 Å². The smallest absolute Gasteiger partial charge is 0.251 e. The molecule has 23 heavy (non-hydrogen) atoms. The fraction of sp³-hybridized carbons (Fsp3) is 0.632. The van der Waals surface area contributed by atoms with Gasteiger partial charge in [-0.3, -0.25) is 4.79 Å². The molecule has 1 aromatic rings. The molecular weight excluding hydrogens is 288 g/mol. The minimum atomic E-state index is -0.112. The van der Waals surface area contributed by atoms with Crippen LogP contribution in [0.1, 0.15) is 69.4 Å². The molecule has 0 atom stereocenters. The summed E-state index contributed by atoms with van der Waals surface area (Å²) in [5, 5.41) is 2.93. The van der Waals surface area contributed by atoms with Crippen LogP contribution < -0.4 is 15.8 Å². The number of nitrogens with two attached hydrogens (primary N) is 1. The van der Waals surface area contributed by atoms with E-state index in [-0.39, 0.29) is 16.7 Å². The third kappa shape index (κ3) is 4.96. The lowest BCUT2D eigenvalue weighted by Gasteiger charge is -2.29. The molecule has 0 heterocycles. The average Bonchev–Trinajstić information content (AvgIpc) is 2.44. The molecule has 0 aliphatic carbocycles. The summed E-state index contributed by atoms with van der Waals surface area (Å²) in [6.45, 7) is 14.0. The van der Waals surface area contributed by atoms with Gasteiger partial charge in [-0.05, 0) is 35.9 Å². The van der Waals surface area contributed by atoms with E-state index in [1.807, 2.05) is 12.1 Å². The molecule has 0 spiro atoms. The Hall–Kier alpha value is -1.55. The van der Waals surface area contributed by atoms with Gasteiger partial charge in [0, 0.05) is 23.2 Å². The number of methoxy groups -OCH3 is 1. The molecule has 0 saturated heterocycles. The Morgan fingerprint density at radius 1 is 1.09 bits per heavy atom. The van der Waals surface area contributed by atoms with Crippen molar-refractivity contribution in [3.05, 3.63) is 28.8 Å². The lowest BCUT2D eigenvalue weighted by Crippen LogP contribution is -2.28. The van der Waals surface area contributed by atoms with Gasteiger partial charge in [0.1, 0.15) is 5.75 Å². The van der Waals surface area contributed by atoms with Gasteiger partial charge in [0.05, 0.1) is 7.11 Å². The van der Waals surface area contributed by atoms with Crippen molar-refractivity contribution in [2.45, 2.75) is 58.8 Å². The number of hydrogen-bond donors (Lipinski definition) is 2. The van der Waals surface area contributed by atoms with Gasteiger partial charge in [-0.2, -0.15) is 0 Å². The van der Waals surface area contributed by atoms with Crippen LogP contribution in [0.5, 0.6) is 5.75 Å². The third-order valence-electron chi connectivity index (χ3n) is 3.84. The molecule has 0 bridgehead atoms. The molecule has 0 aromatic heterocycles. The summed E-state index contributed by atoms with van der Waals surface area (Å²) < 4.78 is 5.71. The minimum Gasteiger partial charge on any atom is -0.496 e. The maximum Gasteiger partial charge on any atom is 0.251 e. The van der Waals surface area contributed by atoms with Gasteiger partial charge < -0.3 is 15.8 Å². The Labute approximate surface area is 140 Å². The second kappa shape index (κ2) is 7.35. The molecule has 130 valence electrons. The van der Waals surface area contributed by atoms with Crippen molar-refractivity contribution in [3.8, 4) is 5.75 Å². The van der Waals surface area contributed by atoms with Crippen LogP contribution in [0.15, 0.2) is 12.1 Å². The van der Waals surface area contributed by atoms with E-state index in [4.69, 9.17) is 10.5 Å². The van der Waals surface area contributed by atoms with E-state index < -0.39 is 0 Å². The molecule has 0 unspecified atom stereocenters. The van der Waals surface area contributed by atoms with Crippen molar-refractivity contribution >= 4 is 5.91 Å². The normalized spacial score (nSPS) is 12.2. The zero-order valence-electron chi connectivity index (χ0n) is 15.7. The van der Waals surface area contributed by atoms with Crippen LogP contribution >= 0.6 is 0 Å². The van der Waals surface area contributed by atoms with Crippen LogP contribution in [0.25, 0.3) is 0 Å². The largest absolute Gasteiger partial charge is 0.496 e. The maximum absolute atomic E-state index is 12.5. The summed E-state index contributed by atoms with van der Waals surface area (Å²) in [5.41, 5.74) is 8.04. The molecule has 3 N–H and O–H groups in total. The highest BCUT2D eigenvalue weighted by Crippen LogP contribution is 2.40. The van der Waals surface area contributed by atoms with Crippen LogP contribution in [0, 0.1) is 0 Å². The quantitative estimate of drug-likeness (QED) is 0.818. The predicted octanol–water partition coefficient (Wildman–Crippen LogP) is 3.37. The molecule has 0 fully saturated rings. The molecule has 0 radical (unpaired) electrons. The van der Waals surface area contributed by atoms with Gasteiger partial charge in [-0.25, -0.2) is 0 Å². The van der Waals surface area contributed by atoms with Crippen molar-refractivity contribution < 1.29 is 9.53 Å². The second-order valence-corrected chi connectivity index (χ2v) is 8.00. The maximum atomic E-state index is 12.5. The fourth-order valence-corrected chi connectivity index (χ4v) is 2.50. The lowest BCUT2D eigenvalue weighted by atomic mass is 9.78. The highest BCUT2D eigenvalue weighted by atomic mass is 16.5. The Kier molecular flexibility index (Phi) is 6.23. The molecular formula is C19H32N2O2. The number of hydrogen-bond acceptors (Lipinski definition) is 3. The molecule has 0 saturated carbocycles. The summed E-state index contributed by atoms with van der Waals surface area (Å²) in [5.74, 6) is 0.820. The average molecular weight is 320 g/mol. The number of nitrogens with one attached hydrogen (secondary N) is 1. The van der Waals surface area contributed by atoms with E-state index in [0.29, 0.717) is 18.7 Å². The Bertz CT molecular complexity index is 516. The first-order valence-corrected chi connectivity index (χ1v) is 8.23. The van der Waals surface area contributed by atoms with Gasteiger partial charge in [-0.1, -0.05) is 41.5 Å². The van der Waals surface area contributed by atoms with Crippen LogP contribution in [-0.2, 0) is 10.8 Å². The SMILES string of the molecule is COc1c(C(C)(C)C)cc(C(=O)NCCCN)cc1C(C)(C)C. The van der Waals surface area contributed by atoms with Gasteiger partial charge in [0.2, 0.25) is 0 Å². The van der Waals surface area contributed by atoms with Gasteiger partial charge in [0.25, 0.3) is 5.91 Å². The molecule has 4 heteroatoms. The minimum absolute atomic E-state index is 0.0582. The fourth-order valence-electron chi connectivity index (χ4n) is 2.50. The second-order valence-electron chi connectivity index (χ2n) is 8.00. The van der Waals surface area contributed by atoms with Gasteiger partial charge in [-0.15, -0.1) is 0 Å². The lowest BCUT2D eigenvalue weighted by molar-refractivity contribution is 0.0953. The first kappa shape index (κ1) is 19.5. The van der Waals surface area contributed by atoms with Gasteiger partial charge in [0.15, 0.2) is 0 Å². The first-order chi connectivity index (χ1) is 10.5. The number of rotatable bonds is 5. The third-order valence-corrected chi connectivity index (χ3v) is 3.84. The van der Waals surface area contributed by atoms with Crippen LogP contribution in [-0.4, -0.2) is 26.1 Å². The monoisotopic (exact) mass is 320 g/mol. The summed E-state index contributed by atoms with van der Waals surface area (Å²) in [7, 11) is 1.70. The van der Waals surface area contributed by atoms with E-state index in [0.717, 1.165) is 23.3 Å².